The summed E-state index contributed by atoms with van der Waals surface area (Å²) in [5.74, 6) is 0.823. The third-order valence-corrected chi connectivity index (χ3v) is 4.21. The van der Waals surface area contributed by atoms with Gasteiger partial charge in [-0.2, -0.15) is 0 Å². The highest BCUT2D eigenvalue weighted by atomic mass is 35.5. The number of alkyl halides is 1. The fourth-order valence-corrected chi connectivity index (χ4v) is 2.74. The largest absolute Gasteiger partial charge is 0.385 e. The van der Waals surface area contributed by atoms with Gasteiger partial charge in [-0.1, -0.05) is 23.2 Å². The van der Waals surface area contributed by atoms with Crippen molar-refractivity contribution in [3.63, 3.8) is 0 Å². The first-order valence-corrected chi connectivity index (χ1v) is 7.64. The first-order valence-electron chi connectivity index (χ1n) is 6.45. The molecule has 0 radical (unpaired) electrons. The van der Waals surface area contributed by atoms with Gasteiger partial charge >= 0.3 is 0 Å². The lowest BCUT2D eigenvalue weighted by Gasteiger charge is -2.18. The van der Waals surface area contributed by atoms with Crippen LogP contribution in [-0.4, -0.2) is 23.3 Å². The maximum Gasteiger partial charge on any atom is 0.127 e. The number of benzene rings is 1. The van der Waals surface area contributed by atoms with E-state index < -0.39 is 0 Å². The third-order valence-electron chi connectivity index (χ3n) is 3.30. The summed E-state index contributed by atoms with van der Waals surface area (Å²) in [5, 5.41) is 0.833. The number of rotatable bonds is 5. The second-order valence-corrected chi connectivity index (χ2v) is 6.31. The lowest BCUT2D eigenvalue weighted by atomic mass is 10.2. The molecule has 0 fully saturated rings. The molecule has 1 aromatic heterocycles. The van der Waals surface area contributed by atoms with Crippen LogP contribution in [0.3, 0.4) is 0 Å². The lowest BCUT2D eigenvalue weighted by Crippen LogP contribution is -2.12. The zero-order chi connectivity index (χ0) is 14.9. The minimum atomic E-state index is -0.190. The maximum atomic E-state index is 6.26. The van der Waals surface area contributed by atoms with Crippen LogP contribution >= 0.6 is 34.8 Å². The van der Waals surface area contributed by atoms with Crippen LogP contribution in [0.5, 0.6) is 0 Å². The van der Waals surface area contributed by atoms with E-state index in [4.69, 9.17) is 39.5 Å². The van der Waals surface area contributed by atoms with Crippen LogP contribution in [-0.2, 0) is 4.74 Å². The summed E-state index contributed by atoms with van der Waals surface area (Å²) >= 11 is 18.4. The van der Waals surface area contributed by atoms with Crippen LogP contribution in [0.2, 0.25) is 10.0 Å². The van der Waals surface area contributed by atoms with Crippen LogP contribution in [0.15, 0.2) is 12.1 Å². The topological polar surface area (TPSA) is 27.1 Å². The molecule has 110 valence electrons. The van der Waals surface area contributed by atoms with Gasteiger partial charge in [0, 0.05) is 19.8 Å². The Kier molecular flexibility index (Phi) is 5.19. The molecule has 0 aliphatic heterocycles. The monoisotopic (exact) mass is 334 g/mol. The average Bonchev–Trinajstić information content (AvgIpc) is 2.75. The second-order valence-electron chi connectivity index (χ2n) is 4.84. The fourth-order valence-electron chi connectivity index (χ4n) is 2.27. The molecule has 0 saturated heterocycles. The number of halogens is 3. The summed E-state index contributed by atoms with van der Waals surface area (Å²) in [6.07, 6.45) is 0.874. The van der Waals surface area contributed by atoms with E-state index in [1.165, 1.54) is 0 Å². The van der Waals surface area contributed by atoms with Crippen molar-refractivity contribution in [2.45, 2.75) is 31.7 Å². The summed E-state index contributed by atoms with van der Waals surface area (Å²) in [5.41, 5.74) is 1.76. The Labute approximate surface area is 133 Å². The Hall–Kier alpha value is -0.480. The highest BCUT2D eigenvalue weighted by Crippen LogP contribution is 2.33. The molecular weight excluding hydrogens is 319 g/mol. The van der Waals surface area contributed by atoms with Gasteiger partial charge in [0.25, 0.3) is 0 Å². The van der Waals surface area contributed by atoms with E-state index in [0.29, 0.717) is 16.7 Å². The van der Waals surface area contributed by atoms with E-state index >= 15 is 0 Å². The summed E-state index contributed by atoms with van der Waals surface area (Å²) in [6, 6.07) is 3.84. The summed E-state index contributed by atoms with van der Waals surface area (Å²) < 4.78 is 7.27. The van der Waals surface area contributed by atoms with Crippen LogP contribution in [0.25, 0.3) is 11.0 Å². The Balaban J connectivity index is 2.58. The molecule has 0 spiro atoms. The Morgan fingerprint density at radius 1 is 1.25 bits per heavy atom. The molecule has 1 heterocycles. The highest BCUT2D eigenvalue weighted by molar-refractivity contribution is 6.42. The first kappa shape index (κ1) is 15.9. The number of imidazole rings is 1. The van der Waals surface area contributed by atoms with Gasteiger partial charge in [0.05, 0.1) is 26.5 Å². The van der Waals surface area contributed by atoms with Gasteiger partial charge in [0.1, 0.15) is 5.82 Å². The molecule has 3 nitrogen and oxygen atoms in total. The van der Waals surface area contributed by atoms with Crippen molar-refractivity contribution in [3.8, 4) is 0 Å². The van der Waals surface area contributed by atoms with Crippen molar-refractivity contribution in [2.24, 2.45) is 0 Å². The van der Waals surface area contributed by atoms with Crippen LogP contribution in [0, 0.1) is 0 Å². The number of nitrogens with zero attached hydrogens (tertiary/aromatic N) is 2. The van der Waals surface area contributed by atoms with Crippen LogP contribution in [0.1, 0.15) is 37.5 Å². The minimum absolute atomic E-state index is 0.190. The van der Waals surface area contributed by atoms with Gasteiger partial charge in [-0.15, -0.1) is 11.6 Å². The number of aromatic nitrogens is 2. The summed E-state index contributed by atoms with van der Waals surface area (Å²) in [6.45, 7) is 4.70. The molecule has 2 aromatic rings. The Morgan fingerprint density at radius 3 is 2.50 bits per heavy atom. The Morgan fingerprint density at radius 2 is 1.90 bits per heavy atom. The van der Waals surface area contributed by atoms with Crippen molar-refractivity contribution in [3.05, 3.63) is 28.0 Å². The van der Waals surface area contributed by atoms with Crippen molar-refractivity contribution in [1.29, 1.82) is 0 Å². The summed E-state index contributed by atoms with van der Waals surface area (Å²) in [4.78, 5) is 4.59. The van der Waals surface area contributed by atoms with Gasteiger partial charge in [-0.3, -0.25) is 0 Å². The lowest BCUT2D eigenvalue weighted by molar-refractivity contribution is 0.181. The zero-order valence-corrected chi connectivity index (χ0v) is 13.9. The predicted octanol–water partition coefficient (Wildman–Crippen LogP) is 5.24. The molecule has 2 atom stereocenters. The van der Waals surface area contributed by atoms with Gasteiger partial charge in [-0.25, -0.2) is 4.98 Å². The zero-order valence-electron chi connectivity index (χ0n) is 11.7. The number of fused-ring (bicyclic) bond motifs is 1. The number of hydrogen-bond donors (Lipinski definition) is 0. The molecule has 1 aromatic carbocycles. The minimum Gasteiger partial charge on any atom is -0.385 e. The molecule has 2 rings (SSSR count). The van der Waals surface area contributed by atoms with E-state index in [1.54, 1.807) is 13.2 Å². The second kappa shape index (κ2) is 6.52. The molecular formula is C14H17Cl3N2O. The number of ether oxygens (including phenoxy) is 1. The number of hydrogen-bond acceptors (Lipinski definition) is 2. The SMILES string of the molecule is COCCC(C)n1c(C(C)Cl)nc2cc(Cl)c(Cl)cc21. The standard InChI is InChI=1S/C14H17Cl3N2O/c1-8(4-5-20-3)19-13-7-11(17)10(16)6-12(13)18-14(19)9(2)15/h6-9H,4-5H2,1-3H3. The van der Waals surface area contributed by atoms with Crippen molar-refractivity contribution >= 4 is 45.8 Å². The molecule has 0 aliphatic carbocycles. The van der Waals surface area contributed by atoms with E-state index in [2.05, 4.69) is 16.5 Å². The highest BCUT2D eigenvalue weighted by Gasteiger charge is 2.20. The van der Waals surface area contributed by atoms with Gasteiger partial charge in [0.2, 0.25) is 0 Å². The van der Waals surface area contributed by atoms with E-state index in [0.717, 1.165) is 23.3 Å². The van der Waals surface area contributed by atoms with Gasteiger partial charge < -0.3 is 9.30 Å². The molecule has 0 bridgehead atoms. The summed E-state index contributed by atoms with van der Waals surface area (Å²) in [7, 11) is 1.69. The normalized spacial score (nSPS) is 14.7. The van der Waals surface area contributed by atoms with E-state index in [1.807, 2.05) is 13.0 Å². The molecule has 0 N–H and O–H groups in total. The van der Waals surface area contributed by atoms with E-state index in [-0.39, 0.29) is 11.4 Å². The van der Waals surface area contributed by atoms with Crippen molar-refractivity contribution < 1.29 is 4.74 Å². The number of methoxy groups -OCH3 is 1. The Bertz CT molecular complexity index is 610. The van der Waals surface area contributed by atoms with E-state index in [9.17, 15) is 0 Å². The molecule has 2 unspecified atom stereocenters. The molecule has 6 heteroatoms. The molecule has 20 heavy (non-hydrogen) atoms. The fraction of sp³-hybridized carbons (Fsp3) is 0.500. The third kappa shape index (κ3) is 3.06. The van der Waals surface area contributed by atoms with Gasteiger partial charge in [-0.05, 0) is 32.4 Å². The smallest absolute Gasteiger partial charge is 0.127 e. The van der Waals surface area contributed by atoms with Crippen LogP contribution in [0.4, 0.5) is 0 Å². The average molecular weight is 336 g/mol. The molecule has 0 amide bonds. The predicted molar refractivity (Wildman–Crippen MR) is 85.2 cm³/mol. The van der Waals surface area contributed by atoms with Gasteiger partial charge in [0.15, 0.2) is 0 Å². The van der Waals surface area contributed by atoms with Crippen molar-refractivity contribution in [1.82, 2.24) is 9.55 Å². The van der Waals surface area contributed by atoms with Crippen LogP contribution < -0.4 is 0 Å². The van der Waals surface area contributed by atoms with Crippen molar-refractivity contribution in [2.75, 3.05) is 13.7 Å². The first-order chi connectivity index (χ1) is 9.45. The quantitative estimate of drug-likeness (QED) is 0.699. The molecule has 0 saturated carbocycles. The molecule has 0 aliphatic rings. The maximum absolute atomic E-state index is 6.26.